The van der Waals surface area contributed by atoms with E-state index in [0.29, 0.717) is 22.6 Å². The molecule has 6 nitrogen and oxygen atoms in total. The largest absolute Gasteiger partial charge is 0.497 e. The molecule has 0 aliphatic heterocycles. The summed E-state index contributed by atoms with van der Waals surface area (Å²) in [6.07, 6.45) is -1.09. The lowest BCUT2D eigenvalue weighted by Crippen LogP contribution is -2.31. The number of anilines is 1. The van der Waals surface area contributed by atoms with E-state index < -0.39 is 17.8 Å². The lowest BCUT2D eigenvalue weighted by Gasteiger charge is -2.18. The Morgan fingerprint density at radius 1 is 1.35 bits per heavy atom. The van der Waals surface area contributed by atoms with Crippen molar-refractivity contribution in [1.29, 1.82) is 5.26 Å². The number of amides is 1. The molecule has 2 rings (SSSR count). The molecule has 0 aliphatic carbocycles. The van der Waals surface area contributed by atoms with Gasteiger partial charge < -0.3 is 20.5 Å². The summed E-state index contributed by atoms with van der Waals surface area (Å²) in [4.78, 5) is 12.5. The van der Waals surface area contributed by atoms with Gasteiger partial charge in [0.25, 0.3) is 5.91 Å². The van der Waals surface area contributed by atoms with Crippen molar-refractivity contribution < 1.29 is 18.7 Å². The normalized spacial score (nSPS) is 11.5. The summed E-state index contributed by atoms with van der Waals surface area (Å²) in [6, 6.07) is 11.0. The Morgan fingerprint density at radius 2 is 2.12 bits per heavy atom. The first kappa shape index (κ1) is 19.2. The lowest BCUT2D eigenvalue weighted by molar-refractivity contribution is -0.133. The molecule has 0 aromatic heterocycles. The summed E-state index contributed by atoms with van der Waals surface area (Å²) in [5.41, 5.74) is 7.49. The first-order chi connectivity index (χ1) is 12.5. The van der Waals surface area contributed by atoms with Gasteiger partial charge >= 0.3 is 0 Å². The van der Waals surface area contributed by atoms with Crippen LogP contribution < -0.4 is 15.8 Å². The van der Waals surface area contributed by atoms with Crippen LogP contribution in [0.3, 0.4) is 0 Å². The number of halogens is 1. The van der Waals surface area contributed by atoms with Gasteiger partial charge in [-0.25, -0.2) is 4.39 Å². The molecule has 0 saturated heterocycles. The van der Waals surface area contributed by atoms with Gasteiger partial charge in [0.2, 0.25) is 0 Å². The number of hydrogen-bond acceptors (Lipinski definition) is 5. The van der Waals surface area contributed by atoms with Crippen LogP contribution in [0.25, 0.3) is 0 Å². The number of nitrogen functional groups attached to an aromatic ring is 1. The van der Waals surface area contributed by atoms with Crippen LogP contribution in [0.4, 0.5) is 10.1 Å². The Labute approximate surface area is 151 Å². The van der Waals surface area contributed by atoms with Crippen molar-refractivity contribution in [2.24, 2.45) is 0 Å². The molecule has 2 aromatic carbocycles. The minimum Gasteiger partial charge on any atom is -0.497 e. The highest BCUT2D eigenvalue weighted by atomic mass is 19.1. The summed E-state index contributed by atoms with van der Waals surface area (Å²) in [7, 11) is 1.43. The quantitative estimate of drug-likeness (QED) is 0.743. The van der Waals surface area contributed by atoms with Gasteiger partial charge in [-0.2, -0.15) is 5.26 Å². The van der Waals surface area contributed by atoms with Gasteiger partial charge in [-0.1, -0.05) is 6.07 Å². The molecule has 0 radical (unpaired) electrons. The van der Waals surface area contributed by atoms with Crippen LogP contribution >= 0.6 is 0 Å². The SMILES string of the molecule is CCOC(C(=O)NCc1ccc(C#N)cc1N)c1ccc(OC)cc1F. The number of nitriles is 1. The van der Waals surface area contributed by atoms with Crippen molar-refractivity contribution in [1.82, 2.24) is 5.32 Å². The van der Waals surface area contributed by atoms with Gasteiger partial charge in [0.1, 0.15) is 11.6 Å². The van der Waals surface area contributed by atoms with Crippen molar-refractivity contribution in [2.45, 2.75) is 19.6 Å². The van der Waals surface area contributed by atoms with Gasteiger partial charge in [-0.3, -0.25) is 4.79 Å². The van der Waals surface area contributed by atoms with Gasteiger partial charge in [0.05, 0.1) is 18.7 Å². The molecule has 0 saturated carbocycles. The Hall–Kier alpha value is -3.11. The van der Waals surface area contributed by atoms with Crippen LogP contribution in [0.1, 0.15) is 29.7 Å². The van der Waals surface area contributed by atoms with E-state index in [2.05, 4.69) is 5.32 Å². The maximum absolute atomic E-state index is 14.3. The zero-order valence-corrected chi connectivity index (χ0v) is 14.6. The van der Waals surface area contributed by atoms with Crippen LogP contribution in [0.5, 0.6) is 5.75 Å². The fraction of sp³-hybridized carbons (Fsp3) is 0.263. The molecule has 0 heterocycles. The summed E-state index contributed by atoms with van der Waals surface area (Å²) in [5.74, 6) is -0.720. The summed E-state index contributed by atoms with van der Waals surface area (Å²) < 4.78 is 24.7. The third-order valence-electron chi connectivity index (χ3n) is 3.79. The van der Waals surface area contributed by atoms with Gasteiger partial charge in [-0.15, -0.1) is 0 Å². The molecule has 136 valence electrons. The van der Waals surface area contributed by atoms with Gasteiger partial charge in [0.15, 0.2) is 6.10 Å². The van der Waals surface area contributed by atoms with E-state index in [-0.39, 0.29) is 18.7 Å². The lowest BCUT2D eigenvalue weighted by atomic mass is 10.1. The Balaban J connectivity index is 2.15. The van der Waals surface area contributed by atoms with E-state index in [1.165, 1.54) is 25.3 Å². The molecule has 0 spiro atoms. The maximum Gasteiger partial charge on any atom is 0.254 e. The predicted molar refractivity (Wildman–Crippen MR) is 94.7 cm³/mol. The summed E-state index contributed by atoms with van der Waals surface area (Å²) in [5, 5.41) is 11.5. The highest BCUT2D eigenvalue weighted by Gasteiger charge is 2.24. The minimum absolute atomic E-state index is 0.123. The molecule has 2 aromatic rings. The number of hydrogen-bond donors (Lipinski definition) is 2. The van der Waals surface area contributed by atoms with E-state index in [0.717, 1.165) is 0 Å². The average molecular weight is 357 g/mol. The second-order valence-corrected chi connectivity index (χ2v) is 5.47. The second-order valence-electron chi connectivity index (χ2n) is 5.47. The van der Waals surface area contributed by atoms with Crippen molar-refractivity contribution >= 4 is 11.6 Å². The average Bonchev–Trinajstić information content (AvgIpc) is 2.65. The highest BCUT2D eigenvalue weighted by Crippen LogP contribution is 2.25. The van der Waals surface area contributed by atoms with E-state index in [1.807, 2.05) is 6.07 Å². The third kappa shape index (κ3) is 4.49. The van der Waals surface area contributed by atoms with Crippen molar-refractivity contribution in [2.75, 3.05) is 19.5 Å². The molecule has 0 aliphatic rings. The molecule has 1 unspecified atom stereocenters. The highest BCUT2D eigenvalue weighted by molar-refractivity contribution is 5.82. The maximum atomic E-state index is 14.3. The number of nitrogens with one attached hydrogen (secondary N) is 1. The second kappa shape index (κ2) is 8.83. The molecule has 0 fully saturated rings. The molecular weight excluding hydrogens is 337 g/mol. The first-order valence-corrected chi connectivity index (χ1v) is 8.01. The molecular formula is C19H20FN3O3. The summed E-state index contributed by atoms with van der Waals surface area (Å²) >= 11 is 0. The molecule has 1 amide bonds. The van der Waals surface area contributed by atoms with E-state index in [9.17, 15) is 9.18 Å². The van der Waals surface area contributed by atoms with Crippen molar-refractivity contribution in [3.8, 4) is 11.8 Å². The number of carbonyl (C=O) groups excluding carboxylic acids is 1. The van der Waals surface area contributed by atoms with Gasteiger partial charge in [0, 0.05) is 30.5 Å². The summed E-state index contributed by atoms with van der Waals surface area (Å²) in [6.45, 7) is 2.10. The van der Waals surface area contributed by atoms with Crippen LogP contribution in [0.15, 0.2) is 36.4 Å². The number of ether oxygens (including phenoxy) is 2. The molecule has 0 bridgehead atoms. The fourth-order valence-electron chi connectivity index (χ4n) is 2.42. The fourth-order valence-corrected chi connectivity index (χ4v) is 2.42. The Bertz CT molecular complexity index is 833. The first-order valence-electron chi connectivity index (χ1n) is 8.01. The molecule has 7 heteroatoms. The number of nitrogens with zero attached hydrogens (tertiary/aromatic N) is 1. The monoisotopic (exact) mass is 357 g/mol. The zero-order valence-electron chi connectivity index (χ0n) is 14.6. The Kier molecular flexibility index (Phi) is 6.53. The van der Waals surface area contributed by atoms with E-state index >= 15 is 0 Å². The number of carbonyl (C=O) groups is 1. The van der Waals surface area contributed by atoms with Crippen molar-refractivity contribution in [3.05, 3.63) is 58.9 Å². The predicted octanol–water partition coefficient (Wildman–Crippen LogP) is 2.68. The topological polar surface area (TPSA) is 97.4 Å². The number of nitrogens with two attached hydrogens (primary N) is 1. The molecule has 1 atom stereocenters. The zero-order chi connectivity index (χ0) is 19.1. The minimum atomic E-state index is -1.09. The van der Waals surface area contributed by atoms with Crippen LogP contribution in [0, 0.1) is 17.1 Å². The number of methoxy groups -OCH3 is 1. The third-order valence-corrected chi connectivity index (χ3v) is 3.79. The van der Waals surface area contributed by atoms with Crippen LogP contribution in [0.2, 0.25) is 0 Å². The standard InChI is InChI=1S/C19H20FN3O3/c1-3-26-18(15-7-6-14(25-2)9-16(15)20)19(24)23-11-13-5-4-12(10-21)8-17(13)22/h4-9,18H,3,11,22H2,1-2H3,(H,23,24). The van der Waals surface area contributed by atoms with Crippen LogP contribution in [-0.4, -0.2) is 19.6 Å². The number of benzene rings is 2. The molecule has 3 N–H and O–H groups in total. The van der Waals surface area contributed by atoms with Crippen LogP contribution in [-0.2, 0) is 16.1 Å². The smallest absolute Gasteiger partial charge is 0.254 e. The van der Waals surface area contributed by atoms with E-state index in [1.54, 1.807) is 25.1 Å². The number of rotatable bonds is 7. The Morgan fingerprint density at radius 3 is 2.69 bits per heavy atom. The van der Waals surface area contributed by atoms with E-state index in [4.69, 9.17) is 20.5 Å². The van der Waals surface area contributed by atoms with Crippen molar-refractivity contribution in [3.63, 3.8) is 0 Å². The van der Waals surface area contributed by atoms with Gasteiger partial charge in [-0.05, 0) is 36.8 Å². The molecule has 26 heavy (non-hydrogen) atoms.